The Labute approximate surface area is 229 Å². The molecule has 0 aliphatic carbocycles. The minimum absolute atomic E-state index is 0.0152. The van der Waals surface area contributed by atoms with Gasteiger partial charge in [-0.2, -0.15) is 0 Å². The number of nitrogens with one attached hydrogen (secondary N) is 2. The summed E-state index contributed by atoms with van der Waals surface area (Å²) in [5.74, 6) is -2.28. The Morgan fingerprint density at radius 3 is 1.72 bits per heavy atom. The second kappa shape index (κ2) is 23.1. The highest BCUT2D eigenvalue weighted by Crippen LogP contribution is 2.01. The molecule has 0 aromatic heterocycles. The molecule has 0 aromatic rings. The number of carbonyl (C=O) groups excluding carboxylic acids is 5. The van der Waals surface area contributed by atoms with E-state index in [1.54, 1.807) is 0 Å². The highest BCUT2D eigenvalue weighted by molar-refractivity contribution is 5.83. The standard InChI is InChI=1S/C24H46N6O9/c1-20(31)28(36)15-7-3-5-13-26-21(32)8-11-24(35)30(38)17-19-39-18-14-27-22(33)9-10-23(34)29(37)16-6-2-4-12-25/h36-38H,2-19,25H2,1H3,(H,26,32)(H,27,33). The maximum Gasteiger partial charge on any atom is 0.246 e. The van der Waals surface area contributed by atoms with Gasteiger partial charge in [-0.05, 0) is 38.6 Å². The molecule has 5 amide bonds. The Hall–Kier alpha value is -2.85. The maximum atomic E-state index is 11.9. The predicted molar refractivity (Wildman–Crippen MR) is 138 cm³/mol. The van der Waals surface area contributed by atoms with Crippen LogP contribution >= 0.6 is 0 Å². The van der Waals surface area contributed by atoms with Gasteiger partial charge in [0.05, 0.1) is 19.8 Å². The lowest BCUT2D eigenvalue weighted by molar-refractivity contribution is -0.168. The zero-order valence-electron chi connectivity index (χ0n) is 22.9. The molecule has 0 atom stereocenters. The van der Waals surface area contributed by atoms with Gasteiger partial charge in [0.25, 0.3) is 0 Å². The third-order valence-electron chi connectivity index (χ3n) is 5.53. The SMILES string of the molecule is CC(=O)N(O)CCCCCNC(=O)CCC(=O)N(O)CCOCCNC(=O)CCC(=O)N(O)CCCCCN. The topological polar surface area (TPSA) is 215 Å². The number of rotatable bonds is 23. The molecule has 0 rings (SSSR count). The van der Waals surface area contributed by atoms with Crippen LogP contribution in [0.3, 0.4) is 0 Å². The second-order valence-electron chi connectivity index (χ2n) is 8.90. The third-order valence-corrected chi connectivity index (χ3v) is 5.53. The van der Waals surface area contributed by atoms with E-state index in [9.17, 15) is 39.6 Å². The number of hydroxylamine groups is 6. The van der Waals surface area contributed by atoms with Crippen LogP contribution in [0.1, 0.15) is 71.1 Å². The van der Waals surface area contributed by atoms with E-state index in [-0.39, 0.29) is 76.9 Å². The van der Waals surface area contributed by atoms with Gasteiger partial charge in [0.1, 0.15) is 0 Å². The Morgan fingerprint density at radius 1 is 0.641 bits per heavy atom. The Kier molecular flexibility index (Phi) is 21.4. The first-order valence-electron chi connectivity index (χ1n) is 13.3. The molecule has 0 aliphatic heterocycles. The van der Waals surface area contributed by atoms with Crippen molar-refractivity contribution in [2.75, 3.05) is 52.5 Å². The van der Waals surface area contributed by atoms with Crippen LogP contribution in [0.2, 0.25) is 0 Å². The monoisotopic (exact) mass is 562 g/mol. The van der Waals surface area contributed by atoms with Crippen molar-refractivity contribution in [2.24, 2.45) is 5.73 Å². The van der Waals surface area contributed by atoms with E-state index < -0.39 is 17.7 Å². The van der Waals surface area contributed by atoms with E-state index in [0.717, 1.165) is 12.8 Å². The minimum atomic E-state index is -0.628. The molecule has 0 saturated heterocycles. The number of hydrogen-bond donors (Lipinski definition) is 6. The van der Waals surface area contributed by atoms with E-state index >= 15 is 0 Å². The van der Waals surface area contributed by atoms with Crippen LogP contribution in [0.15, 0.2) is 0 Å². The second-order valence-corrected chi connectivity index (χ2v) is 8.90. The van der Waals surface area contributed by atoms with Gasteiger partial charge in [-0.25, -0.2) is 15.2 Å². The summed E-state index contributed by atoms with van der Waals surface area (Å²) in [7, 11) is 0. The van der Waals surface area contributed by atoms with Crippen molar-refractivity contribution in [1.82, 2.24) is 25.8 Å². The van der Waals surface area contributed by atoms with Crippen LogP contribution in [-0.2, 0) is 28.7 Å². The Balaban J connectivity index is 3.75. The fourth-order valence-electron chi connectivity index (χ4n) is 3.17. The van der Waals surface area contributed by atoms with E-state index in [2.05, 4.69) is 10.6 Å². The number of nitrogens with two attached hydrogens (primary N) is 1. The summed E-state index contributed by atoms with van der Waals surface area (Å²) in [6.07, 6.45) is 3.77. The van der Waals surface area contributed by atoms with Gasteiger partial charge in [-0.15, -0.1) is 0 Å². The van der Waals surface area contributed by atoms with Crippen LogP contribution < -0.4 is 16.4 Å². The molecule has 0 heterocycles. The fraction of sp³-hybridized carbons (Fsp3) is 0.792. The molecule has 39 heavy (non-hydrogen) atoms. The number of amides is 5. The van der Waals surface area contributed by atoms with Gasteiger partial charge < -0.3 is 21.1 Å². The van der Waals surface area contributed by atoms with Gasteiger partial charge in [-0.1, -0.05) is 6.42 Å². The lowest BCUT2D eigenvalue weighted by atomic mass is 10.2. The first-order chi connectivity index (χ1) is 18.6. The summed E-state index contributed by atoms with van der Waals surface area (Å²) in [5, 5.41) is 35.6. The van der Waals surface area contributed by atoms with Gasteiger partial charge in [0.2, 0.25) is 29.5 Å². The lowest BCUT2D eigenvalue weighted by Crippen LogP contribution is -2.34. The average molecular weight is 563 g/mol. The summed E-state index contributed by atoms with van der Waals surface area (Å²) in [4.78, 5) is 58.2. The van der Waals surface area contributed by atoms with Crippen molar-refractivity contribution in [3.05, 3.63) is 0 Å². The summed E-state index contributed by atoms with van der Waals surface area (Å²) in [6, 6.07) is 0. The quantitative estimate of drug-likeness (QED) is 0.0546. The van der Waals surface area contributed by atoms with Gasteiger partial charge in [-0.3, -0.25) is 39.6 Å². The zero-order valence-corrected chi connectivity index (χ0v) is 22.9. The molecule has 0 radical (unpaired) electrons. The molecule has 0 fully saturated rings. The van der Waals surface area contributed by atoms with Crippen molar-refractivity contribution >= 4 is 29.5 Å². The predicted octanol–water partition coefficient (Wildman–Crippen LogP) is -0.232. The van der Waals surface area contributed by atoms with E-state index in [0.29, 0.717) is 54.0 Å². The van der Waals surface area contributed by atoms with Crippen molar-refractivity contribution in [3.63, 3.8) is 0 Å². The average Bonchev–Trinajstić information content (AvgIpc) is 2.91. The first kappa shape index (κ1) is 36.1. The Bertz CT molecular complexity index is 741. The Morgan fingerprint density at radius 2 is 1.15 bits per heavy atom. The zero-order chi connectivity index (χ0) is 29.5. The smallest absolute Gasteiger partial charge is 0.246 e. The first-order valence-corrected chi connectivity index (χ1v) is 13.3. The van der Waals surface area contributed by atoms with E-state index in [1.807, 2.05) is 0 Å². The number of hydrogen-bond acceptors (Lipinski definition) is 10. The largest absolute Gasteiger partial charge is 0.378 e. The molecule has 0 saturated carbocycles. The summed E-state index contributed by atoms with van der Waals surface area (Å²) >= 11 is 0. The lowest BCUT2D eigenvalue weighted by Gasteiger charge is -2.15. The highest BCUT2D eigenvalue weighted by atomic mass is 16.5. The summed E-state index contributed by atoms with van der Waals surface area (Å²) < 4.78 is 5.26. The summed E-state index contributed by atoms with van der Waals surface area (Å²) in [6.45, 7) is 2.85. The molecule has 15 nitrogen and oxygen atoms in total. The van der Waals surface area contributed by atoms with E-state index in [4.69, 9.17) is 10.5 Å². The molecule has 15 heteroatoms. The minimum Gasteiger partial charge on any atom is -0.378 e. The maximum absolute atomic E-state index is 11.9. The molecule has 0 spiro atoms. The molecule has 226 valence electrons. The van der Waals surface area contributed by atoms with Crippen LogP contribution in [0.4, 0.5) is 0 Å². The highest BCUT2D eigenvalue weighted by Gasteiger charge is 2.14. The van der Waals surface area contributed by atoms with Gasteiger partial charge in [0.15, 0.2) is 0 Å². The van der Waals surface area contributed by atoms with Gasteiger partial charge >= 0.3 is 0 Å². The molecule has 0 aromatic carbocycles. The van der Waals surface area contributed by atoms with Crippen LogP contribution in [0.5, 0.6) is 0 Å². The fourth-order valence-corrected chi connectivity index (χ4v) is 3.17. The van der Waals surface area contributed by atoms with Gasteiger partial charge in [0, 0.05) is 58.8 Å². The number of unbranched alkanes of at least 4 members (excludes halogenated alkanes) is 4. The van der Waals surface area contributed by atoms with Crippen molar-refractivity contribution < 1.29 is 44.3 Å². The molecular formula is C24H46N6O9. The number of nitrogens with zero attached hydrogens (tertiary/aromatic N) is 3. The van der Waals surface area contributed by atoms with E-state index in [1.165, 1.54) is 6.92 Å². The van der Waals surface area contributed by atoms with Crippen LogP contribution in [-0.4, -0.2) is 113 Å². The normalized spacial score (nSPS) is 10.6. The van der Waals surface area contributed by atoms with Crippen molar-refractivity contribution in [1.29, 1.82) is 0 Å². The van der Waals surface area contributed by atoms with Crippen LogP contribution in [0.25, 0.3) is 0 Å². The summed E-state index contributed by atoms with van der Waals surface area (Å²) in [5.41, 5.74) is 5.38. The number of carbonyl (C=O) groups is 5. The molecular weight excluding hydrogens is 516 g/mol. The molecule has 0 bridgehead atoms. The van der Waals surface area contributed by atoms with Crippen LogP contribution in [0, 0.1) is 0 Å². The number of ether oxygens (including phenoxy) is 1. The molecule has 7 N–H and O–H groups in total. The third kappa shape index (κ3) is 20.7. The van der Waals surface area contributed by atoms with Crippen molar-refractivity contribution in [3.8, 4) is 0 Å². The molecule has 0 aliphatic rings. The van der Waals surface area contributed by atoms with Crippen molar-refractivity contribution in [2.45, 2.75) is 71.1 Å². The molecule has 0 unspecified atom stereocenters.